The number of methoxy groups -OCH3 is 1. The fourth-order valence-electron chi connectivity index (χ4n) is 2.40. The Labute approximate surface area is 141 Å². The summed E-state index contributed by atoms with van der Waals surface area (Å²) in [4.78, 5) is 0. The SMILES string of the molecule is COc1ccc(NC=C(Cc2ccccc2)c2cc(C)no2)cc1. The van der Waals surface area contributed by atoms with E-state index in [-0.39, 0.29) is 0 Å². The molecule has 0 bridgehead atoms. The van der Waals surface area contributed by atoms with Crippen molar-refractivity contribution in [3.8, 4) is 5.75 Å². The number of aryl methyl sites for hydroxylation is 1. The van der Waals surface area contributed by atoms with Crippen LogP contribution in [0.3, 0.4) is 0 Å². The van der Waals surface area contributed by atoms with Gasteiger partial charge < -0.3 is 14.6 Å². The van der Waals surface area contributed by atoms with Crippen molar-refractivity contribution in [2.45, 2.75) is 13.3 Å². The number of nitrogens with one attached hydrogen (secondary N) is 1. The predicted molar refractivity (Wildman–Crippen MR) is 96.0 cm³/mol. The Kier molecular flexibility index (Phi) is 4.96. The number of aromatic nitrogens is 1. The molecule has 0 aliphatic rings. The fourth-order valence-corrected chi connectivity index (χ4v) is 2.40. The molecule has 0 fully saturated rings. The highest BCUT2D eigenvalue weighted by Crippen LogP contribution is 2.22. The summed E-state index contributed by atoms with van der Waals surface area (Å²) in [6.45, 7) is 1.92. The molecule has 0 unspecified atom stereocenters. The lowest BCUT2D eigenvalue weighted by Crippen LogP contribution is -1.95. The molecule has 122 valence electrons. The minimum atomic E-state index is 0.763. The summed E-state index contributed by atoms with van der Waals surface area (Å²) >= 11 is 0. The standard InChI is InChI=1S/C20H20N2O2/c1-15-12-20(24-22-15)17(13-16-6-4-3-5-7-16)14-21-18-8-10-19(23-2)11-9-18/h3-12,14,21H,13H2,1-2H3. The van der Waals surface area contributed by atoms with E-state index in [0.717, 1.165) is 34.9 Å². The first-order valence-corrected chi connectivity index (χ1v) is 7.82. The third-order valence-electron chi connectivity index (χ3n) is 3.68. The number of rotatable bonds is 6. The van der Waals surface area contributed by atoms with Crippen molar-refractivity contribution in [1.82, 2.24) is 5.16 Å². The summed E-state index contributed by atoms with van der Waals surface area (Å²) in [5, 5.41) is 7.32. The summed E-state index contributed by atoms with van der Waals surface area (Å²) in [5.74, 6) is 1.61. The summed E-state index contributed by atoms with van der Waals surface area (Å²) in [7, 11) is 1.66. The average Bonchev–Trinajstić information content (AvgIpc) is 3.06. The van der Waals surface area contributed by atoms with Crippen LogP contribution in [-0.4, -0.2) is 12.3 Å². The van der Waals surface area contributed by atoms with Gasteiger partial charge in [0, 0.05) is 29.9 Å². The van der Waals surface area contributed by atoms with Gasteiger partial charge in [-0.2, -0.15) is 0 Å². The van der Waals surface area contributed by atoms with E-state index in [0.29, 0.717) is 0 Å². The summed E-state index contributed by atoms with van der Waals surface area (Å²) in [6, 6.07) is 20.0. The van der Waals surface area contributed by atoms with Crippen molar-refractivity contribution >= 4 is 11.3 Å². The first kappa shape index (κ1) is 15.9. The largest absolute Gasteiger partial charge is 0.497 e. The van der Waals surface area contributed by atoms with Crippen LogP contribution in [0, 0.1) is 6.92 Å². The number of hydrogen-bond acceptors (Lipinski definition) is 4. The van der Waals surface area contributed by atoms with Crippen molar-refractivity contribution in [1.29, 1.82) is 0 Å². The Morgan fingerprint density at radius 3 is 2.50 bits per heavy atom. The smallest absolute Gasteiger partial charge is 0.164 e. The number of benzene rings is 2. The van der Waals surface area contributed by atoms with E-state index in [4.69, 9.17) is 9.26 Å². The first-order chi connectivity index (χ1) is 11.7. The number of nitrogens with zero attached hydrogens (tertiary/aromatic N) is 1. The molecule has 2 aromatic carbocycles. The van der Waals surface area contributed by atoms with Gasteiger partial charge in [0.2, 0.25) is 0 Å². The Morgan fingerprint density at radius 1 is 1.12 bits per heavy atom. The number of ether oxygens (including phenoxy) is 1. The molecule has 24 heavy (non-hydrogen) atoms. The Bertz CT molecular complexity index is 805. The van der Waals surface area contributed by atoms with E-state index in [1.54, 1.807) is 7.11 Å². The van der Waals surface area contributed by atoms with E-state index in [1.807, 2.05) is 61.7 Å². The molecule has 0 spiro atoms. The van der Waals surface area contributed by atoms with Gasteiger partial charge in [-0.3, -0.25) is 0 Å². The molecule has 3 aromatic rings. The molecule has 3 rings (SSSR count). The number of anilines is 1. The monoisotopic (exact) mass is 320 g/mol. The maximum absolute atomic E-state index is 5.45. The molecule has 0 saturated heterocycles. The zero-order chi connectivity index (χ0) is 16.8. The maximum atomic E-state index is 5.45. The van der Waals surface area contributed by atoms with Gasteiger partial charge in [-0.05, 0) is 36.8 Å². The Hall–Kier alpha value is -3.01. The average molecular weight is 320 g/mol. The zero-order valence-corrected chi connectivity index (χ0v) is 13.8. The molecular formula is C20H20N2O2. The lowest BCUT2D eigenvalue weighted by molar-refractivity contribution is 0.405. The van der Waals surface area contributed by atoms with E-state index in [9.17, 15) is 0 Å². The second kappa shape index (κ2) is 7.51. The van der Waals surface area contributed by atoms with Crippen LogP contribution in [0.4, 0.5) is 5.69 Å². The quantitative estimate of drug-likeness (QED) is 0.716. The van der Waals surface area contributed by atoms with Crippen LogP contribution < -0.4 is 10.1 Å². The van der Waals surface area contributed by atoms with E-state index < -0.39 is 0 Å². The topological polar surface area (TPSA) is 47.3 Å². The number of hydrogen-bond donors (Lipinski definition) is 1. The van der Waals surface area contributed by atoms with Crippen LogP contribution in [0.15, 0.2) is 71.4 Å². The van der Waals surface area contributed by atoms with Crippen molar-refractivity contribution in [2.75, 3.05) is 12.4 Å². The molecule has 1 N–H and O–H groups in total. The minimum absolute atomic E-state index is 0.763. The summed E-state index contributed by atoms with van der Waals surface area (Å²) < 4.78 is 10.6. The van der Waals surface area contributed by atoms with Crippen molar-refractivity contribution in [3.05, 3.63) is 83.9 Å². The van der Waals surface area contributed by atoms with Gasteiger partial charge in [0.15, 0.2) is 5.76 Å². The second-order valence-corrected chi connectivity index (χ2v) is 5.54. The Balaban J connectivity index is 1.82. The third kappa shape index (κ3) is 4.04. The van der Waals surface area contributed by atoms with Gasteiger partial charge >= 0.3 is 0 Å². The fraction of sp³-hybridized carbons (Fsp3) is 0.150. The van der Waals surface area contributed by atoms with Gasteiger partial charge in [-0.15, -0.1) is 0 Å². The van der Waals surface area contributed by atoms with Crippen LogP contribution in [0.5, 0.6) is 5.75 Å². The molecule has 4 nitrogen and oxygen atoms in total. The van der Waals surface area contributed by atoms with Gasteiger partial charge in [0.1, 0.15) is 5.75 Å². The minimum Gasteiger partial charge on any atom is -0.497 e. The molecule has 4 heteroatoms. The first-order valence-electron chi connectivity index (χ1n) is 7.82. The van der Waals surface area contributed by atoms with Gasteiger partial charge in [-0.1, -0.05) is 35.5 Å². The molecule has 1 heterocycles. The Morgan fingerprint density at radius 2 is 1.88 bits per heavy atom. The molecular weight excluding hydrogens is 300 g/mol. The third-order valence-corrected chi connectivity index (χ3v) is 3.68. The van der Waals surface area contributed by atoms with Crippen molar-refractivity contribution in [3.63, 3.8) is 0 Å². The maximum Gasteiger partial charge on any atom is 0.164 e. The molecule has 0 saturated carbocycles. The van der Waals surface area contributed by atoms with E-state index >= 15 is 0 Å². The van der Waals surface area contributed by atoms with Crippen LogP contribution in [0.1, 0.15) is 17.0 Å². The zero-order valence-electron chi connectivity index (χ0n) is 13.8. The van der Waals surface area contributed by atoms with Crippen LogP contribution in [-0.2, 0) is 6.42 Å². The highest BCUT2D eigenvalue weighted by molar-refractivity contribution is 5.67. The molecule has 0 aliphatic heterocycles. The normalized spacial score (nSPS) is 11.3. The van der Waals surface area contributed by atoms with Crippen LogP contribution >= 0.6 is 0 Å². The van der Waals surface area contributed by atoms with Gasteiger partial charge in [0.25, 0.3) is 0 Å². The predicted octanol–water partition coefficient (Wildman–Crippen LogP) is 4.69. The van der Waals surface area contributed by atoms with Gasteiger partial charge in [0.05, 0.1) is 12.8 Å². The summed E-state index contributed by atoms with van der Waals surface area (Å²) in [5.41, 5.74) is 4.11. The second-order valence-electron chi connectivity index (χ2n) is 5.54. The molecule has 0 amide bonds. The lowest BCUT2D eigenvalue weighted by atomic mass is 10.0. The molecule has 0 radical (unpaired) electrons. The van der Waals surface area contributed by atoms with Crippen molar-refractivity contribution in [2.24, 2.45) is 0 Å². The molecule has 1 aromatic heterocycles. The number of allylic oxidation sites excluding steroid dienone is 1. The molecule has 0 aliphatic carbocycles. The highest BCUT2D eigenvalue weighted by Gasteiger charge is 2.09. The molecule has 0 atom stereocenters. The van der Waals surface area contributed by atoms with Crippen LogP contribution in [0.25, 0.3) is 5.57 Å². The van der Waals surface area contributed by atoms with Crippen molar-refractivity contribution < 1.29 is 9.26 Å². The van der Waals surface area contributed by atoms with E-state index in [1.165, 1.54) is 5.56 Å². The van der Waals surface area contributed by atoms with E-state index in [2.05, 4.69) is 22.6 Å². The summed E-state index contributed by atoms with van der Waals surface area (Å²) in [6.07, 6.45) is 2.73. The van der Waals surface area contributed by atoms with Gasteiger partial charge in [-0.25, -0.2) is 0 Å². The lowest BCUT2D eigenvalue weighted by Gasteiger charge is -2.07. The highest BCUT2D eigenvalue weighted by atomic mass is 16.5. The van der Waals surface area contributed by atoms with Crippen LogP contribution in [0.2, 0.25) is 0 Å².